The lowest BCUT2D eigenvalue weighted by Gasteiger charge is -2.21. The van der Waals surface area contributed by atoms with Crippen molar-refractivity contribution in [2.45, 2.75) is 97.8 Å². The number of rotatable bonds is 17. The van der Waals surface area contributed by atoms with Crippen LogP contribution in [0.15, 0.2) is 12.2 Å². The SMILES string of the molecule is C/C=C/CCCCCCCCCCCC(CC(=O)N(CC)CC)C(=O)O. The molecular formula is C22H41NO3. The number of aliphatic carboxylic acids is 1. The lowest BCUT2D eigenvalue weighted by Crippen LogP contribution is -2.33. The summed E-state index contributed by atoms with van der Waals surface area (Å²) in [5, 5.41) is 9.35. The lowest BCUT2D eigenvalue weighted by molar-refractivity contribution is -0.146. The molecule has 0 aromatic heterocycles. The molecule has 0 aliphatic carbocycles. The molecule has 152 valence electrons. The Hall–Kier alpha value is -1.32. The summed E-state index contributed by atoms with van der Waals surface area (Å²) in [6.45, 7) is 7.23. The molecular weight excluding hydrogens is 326 g/mol. The van der Waals surface area contributed by atoms with Gasteiger partial charge >= 0.3 is 5.97 Å². The Balaban J connectivity index is 3.72. The summed E-state index contributed by atoms with van der Waals surface area (Å²) in [6, 6.07) is 0. The van der Waals surface area contributed by atoms with Crippen LogP contribution in [0.3, 0.4) is 0 Å². The summed E-state index contributed by atoms with van der Waals surface area (Å²) in [5.74, 6) is -1.39. The van der Waals surface area contributed by atoms with Crippen LogP contribution in [0.5, 0.6) is 0 Å². The maximum absolute atomic E-state index is 12.1. The summed E-state index contributed by atoms with van der Waals surface area (Å²) in [4.78, 5) is 25.2. The van der Waals surface area contributed by atoms with E-state index in [1.54, 1.807) is 4.90 Å². The van der Waals surface area contributed by atoms with Crippen LogP contribution in [0.4, 0.5) is 0 Å². The molecule has 0 saturated heterocycles. The Labute approximate surface area is 161 Å². The van der Waals surface area contributed by atoms with Crippen molar-refractivity contribution in [3.63, 3.8) is 0 Å². The molecule has 0 aliphatic heterocycles. The third-order valence-corrected chi connectivity index (χ3v) is 5.05. The van der Waals surface area contributed by atoms with Crippen LogP contribution in [0.1, 0.15) is 97.8 Å². The summed E-state index contributed by atoms with van der Waals surface area (Å²) in [6.07, 6.45) is 17.3. The molecule has 4 nitrogen and oxygen atoms in total. The highest BCUT2D eigenvalue weighted by Gasteiger charge is 2.22. The molecule has 1 N–H and O–H groups in total. The van der Waals surface area contributed by atoms with Gasteiger partial charge in [-0.1, -0.05) is 63.5 Å². The van der Waals surface area contributed by atoms with E-state index in [-0.39, 0.29) is 12.3 Å². The van der Waals surface area contributed by atoms with E-state index in [0.717, 1.165) is 12.8 Å². The first-order chi connectivity index (χ1) is 12.6. The van der Waals surface area contributed by atoms with Crippen molar-refractivity contribution in [1.29, 1.82) is 0 Å². The number of carboxylic acid groups (broad SMARTS) is 1. The van der Waals surface area contributed by atoms with Gasteiger partial charge < -0.3 is 10.0 Å². The zero-order chi connectivity index (χ0) is 19.6. The predicted octanol–water partition coefficient (Wildman–Crippen LogP) is 5.81. The number of amides is 1. The Bertz CT molecular complexity index is 389. The van der Waals surface area contributed by atoms with Gasteiger partial charge in [-0.3, -0.25) is 9.59 Å². The minimum absolute atomic E-state index is 0.0307. The average molecular weight is 368 g/mol. The molecule has 1 amide bonds. The molecule has 0 spiro atoms. The molecule has 0 aliphatic rings. The Morgan fingerprint density at radius 3 is 1.85 bits per heavy atom. The maximum atomic E-state index is 12.1. The van der Waals surface area contributed by atoms with E-state index in [1.807, 2.05) is 13.8 Å². The Kier molecular flexibility index (Phi) is 16.2. The number of allylic oxidation sites excluding steroid dienone is 2. The van der Waals surface area contributed by atoms with Crippen molar-refractivity contribution in [3.05, 3.63) is 12.2 Å². The number of unbranched alkanes of at least 4 members (excludes halogenated alkanes) is 9. The molecule has 1 atom stereocenters. The van der Waals surface area contributed by atoms with Crippen LogP contribution < -0.4 is 0 Å². The quantitative estimate of drug-likeness (QED) is 0.260. The average Bonchev–Trinajstić information content (AvgIpc) is 2.62. The van der Waals surface area contributed by atoms with Gasteiger partial charge in [0.2, 0.25) is 5.91 Å². The van der Waals surface area contributed by atoms with Crippen molar-refractivity contribution < 1.29 is 14.7 Å². The highest BCUT2D eigenvalue weighted by atomic mass is 16.4. The largest absolute Gasteiger partial charge is 0.481 e. The van der Waals surface area contributed by atoms with Crippen molar-refractivity contribution in [2.24, 2.45) is 5.92 Å². The lowest BCUT2D eigenvalue weighted by atomic mass is 9.96. The maximum Gasteiger partial charge on any atom is 0.307 e. The molecule has 0 saturated carbocycles. The normalized spacial score (nSPS) is 12.4. The van der Waals surface area contributed by atoms with E-state index in [4.69, 9.17) is 0 Å². The number of hydrogen-bond donors (Lipinski definition) is 1. The van der Waals surface area contributed by atoms with Gasteiger partial charge in [0.1, 0.15) is 0 Å². The van der Waals surface area contributed by atoms with E-state index in [1.165, 1.54) is 51.4 Å². The van der Waals surface area contributed by atoms with Crippen molar-refractivity contribution in [2.75, 3.05) is 13.1 Å². The fourth-order valence-corrected chi connectivity index (χ4v) is 3.29. The fourth-order valence-electron chi connectivity index (χ4n) is 3.29. The third kappa shape index (κ3) is 13.0. The number of hydrogen-bond acceptors (Lipinski definition) is 2. The summed E-state index contributed by atoms with van der Waals surface area (Å²) < 4.78 is 0. The summed E-state index contributed by atoms with van der Waals surface area (Å²) >= 11 is 0. The van der Waals surface area contributed by atoms with Crippen LogP contribution in [0, 0.1) is 5.92 Å². The smallest absolute Gasteiger partial charge is 0.307 e. The van der Waals surface area contributed by atoms with E-state index >= 15 is 0 Å². The zero-order valence-electron chi connectivity index (χ0n) is 17.3. The van der Waals surface area contributed by atoms with Gasteiger partial charge in [0.05, 0.1) is 5.92 Å². The predicted molar refractivity (Wildman–Crippen MR) is 109 cm³/mol. The minimum atomic E-state index is -0.830. The molecule has 1 unspecified atom stereocenters. The minimum Gasteiger partial charge on any atom is -0.481 e. The highest BCUT2D eigenvalue weighted by molar-refractivity contribution is 5.82. The van der Waals surface area contributed by atoms with Crippen molar-refractivity contribution in [3.8, 4) is 0 Å². The molecule has 0 bridgehead atoms. The van der Waals surface area contributed by atoms with Gasteiger partial charge in [-0.15, -0.1) is 0 Å². The highest BCUT2D eigenvalue weighted by Crippen LogP contribution is 2.17. The van der Waals surface area contributed by atoms with E-state index in [9.17, 15) is 14.7 Å². The van der Waals surface area contributed by atoms with E-state index in [2.05, 4.69) is 19.1 Å². The molecule has 0 heterocycles. The molecule has 0 radical (unpaired) electrons. The first-order valence-electron chi connectivity index (χ1n) is 10.7. The third-order valence-electron chi connectivity index (χ3n) is 5.05. The van der Waals surface area contributed by atoms with Gasteiger partial charge in [-0.25, -0.2) is 0 Å². The van der Waals surface area contributed by atoms with E-state index < -0.39 is 11.9 Å². The molecule has 0 aromatic rings. The van der Waals surface area contributed by atoms with Crippen LogP contribution >= 0.6 is 0 Å². The Morgan fingerprint density at radius 1 is 0.885 bits per heavy atom. The number of nitrogens with zero attached hydrogens (tertiary/aromatic N) is 1. The van der Waals surface area contributed by atoms with Crippen LogP contribution in [-0.2, 0) is 9.59 Å². The first-order valence-corrected chi connectivity index (χ1v) is 10.7. The topological polar surface area (TPSA) is 57.6 Å². The second kappa shape index (κ2) is 17.1. The standard InChI is InChI=1S/C22H41NO3/c1-4-7-8-9-10-11-12-13-14-15-16-17-18-20(22(25)26)19-21(24)23(5-2)6-3/h4,7,20H,5-6,8-19H2,1-3H3,(H,25,26)/b7-4+. The molecule has 4 heteroatoms. The van der Waals surface area contributed by atoms with Crippen LogP contribution in [-0.4, -0.2) is 35.0 Å². The van der Waals surface area contributed by atoms with Crippen molar-refractivity contribution in [1.82, 2.24) is 4.90 Å². The number of carbonyl (C=O) groups excluding carboxylic acids is 1. The molecule has 0 fully saturated rings. The zero-order valence-corrected chi connectivity index (χ0v) is 17.3. The summed E-state index contributed by atoms with van der Waals surface area (Å²) in [7, 11) is 0. The van der Waals surface area contributed by atoms with Gasteiger partial charge in [0.25, 0.3) is 0 Å². The number of carboxylic acids is 1. The monoisotopic (exact) mass is 367 g/mol. The van der Waals surface area contributed by atoms with Gasteiger partial charge in [-0.05, 0) is 40.0 Å². The number of carbonyl (C=O) groups is 2. The van der Waals surface area contributed by atoms with Gasteiger partial charge in [0, 0.05) is 19.5 Å². The molecule has 0 rings (SSSR count). The second-order valence-corrected chi connectivity index (χ2v) is 7.13. The molecule has 26 heavy (non-hydrogen) atoms. The van der Waals surface area contributed by atoms with Crippen LogP contribution in [0.25, 0.3) is 0 Å². The van der Waals surface area contributed by atoms with Crippen LogP contribution in [0.2, 0.25) is 0 Å². The molecule has 0 aromatic carbocycles. The fraction of sp³-hybridized carbons (Fsp3) is 0.818. The van der Waals surface area contributed by atoms with Gasteiger partial charge in [0.15, 0.2) is 0 Å². The van der Waals surface area contributed by atoms with E-state index in [0.29, 0.717) is 19.5 Å². The first kappa shape index (κ1) is 24.7. The van der Waals surface area contributed by atoms with Crippen molar-refractivity contribution >= 4 is 11.9 Å². The Morgan fingerprint density at radius 2 is 1.38 bits per heavy atom. The van der Waals surface area contributed by atoms with Gasteiger partial charge in [-0.2, -0.15) is 0 Å². The summed E-state index contributed by atoms with van der Waals surface area (Å²) in [5.41, 5.74) is 0. The second-order valence-electron chi connectivity index (χ2n) is 7.13.